The fourth-order valence-electron chi connectivity index (χ4n) is 0.964. The van der Waals surface area contributed by atoms with Crippen LogP contribution in [0.2, 0.25) is 0 Å². The van der Waals surface area contributed by atoms with Gasteiger partial charge in [0.25, 0.3) is 0 Å². The van der Waals surface area contributed by atoms with Crippen molar-refractivity contribution < 1.29 is 9.47 Å². The van der Waals surface area contributed by atoms with E-state index in [-0.39, 0.29) is 6.10 Å². The van der Waals surface area contributed by atoms with Gasteiger partial charge in [-0.3, -0.25) is 4.98 Å². The molecule has 0 bridgehead atoms. The molecule has 1 fully saturated rings. The Morgan fingerprint density at radius 1 is 1.64 bits per heavy atom. The van der Waals surface area contributed by atoms with Gasteiger partial charge in [-0.2, -0.15) is 0 Å². The van der Waals surface area contributed by atoms with Crippen molar-refractivity contribution >= 4 is 0 Å². The summed E-state index contributed by atoms with van der Waals surface area (Å²) in [7, 11) is 1.63. The zero-order valence-corrected chi connectivity index (χ0v) is 6.28. The first-order valence-corrected chi connectivity index (χ1v) is 3.50. The van der Waals surface area contributed by atoms with Crippen LogP contribution in [0.3, 0.4) is 0 Å². The van der Waals surface area contributed by atoms with Crippen molar-refractivity contribution in [1.29, 1.82) is 0 Å². The Bertz CT molecular complexity index is 258. The van der Waals surface area contributed by atoms with Gasteiger partial charge in [0.05, 0.1) is 19.9 Å². The van der Waals surface area contributed by atoms with Gasteiger partial charge >= 0.3 is 0 Å². The lowest BCUT2D eigenvalue weighted by Crippen LogP contribution is -1.87. The van der Waals surface area contributed by atoms with Crippen LogP contribution in [0.25, 0.3) is 0 Å². The molecule has 0 N–H and O–H groups in total. The molecule has 0 saturated carbocycles. The van der Waals surface area contributed by atoms with E-state index < -0.39 is 0 Å². The molecule has 11 heavy (non-hydrogen) atoms. The second-order valence-corrected chi connectivity index (χ2v) is 2.48. The number of epoxide rings is 1. The van der Waals surface area contributed by atoms with Gasteiger partial charge in [0.1, 0.15) is 11.9 Å². The van der Waals surface area contributed by atoms with Gasteiger partial charge in [-0.15, -0.1) is 0 Å². The first-order chi connectivity index (χ1) is 5.40. The van der Waals surface area contributed by atoms with Crippen LogP contribution in [0.1, 0.15) is 11.7 Å². The lowest BCUT2D eigenvalue weighted by Gasteiger charge is -1.99. The van der Waals surface area contributed by atoms with E-state index in [0.29, 0.717) is 0 Å². The Labute approximate surface area is 65.0 Å². The molecule has 2 rings (SSSR count). The first kappa shape index (κ1) is 6.61. The van der Waals surface area contributed by atoms with Crippen molar-refractivity contribution in [1.82, 2.24) is 4.98 Å². The summed E-state index contributed by atoms with van der Waals surface area (Å²) in [5.74, 6) is 0.790. The summed E-state index contributed by atoms with van der Waals surface area (Å²) in [5, 5.41) is 0. The van der Waals surface area contributed by atoms with E-state index >= 15 is 0 Å². The van der Waals surface area contributed by atoms with Crippen molar-refractivity contribution in [2.75, 3.05) is 13.7 Å². The summed E-state index contributed by atoms with van der Waals surface area (Å²) in [6, 6.07) is 1.95. The van der Waals surface area contributed by atoms with Crippen molar-refractivity contribution in [2.24, 2.45) is 0 Å². The van der Waals surface area contributed by atoms with E-state index in [1.54, 1.807) is 19.5 Å². The van der Waals surface area contributed by atoms with Crippen LogP contribution in [-0.4, -0.2) is 18.7 Å². The first-order valence-electron chi connectivity index (χ1n) is 3.50. The van der Waals surface area contributed by atoms with Crippen LogP contribution < -0.4 is 4.74 Å². The molecule has 58 valence electrons. The molecule has 0 radical (unpaired) electrons. The Morgan fingerprint density at radius 2 is 2.45 bits per heavy atom. The van der Waals surface area contributed by atoms with E-state index in [1.165, 1.54) is 0 Å². The summed E-state index contributed by atoms with van der Waals surface area (Å²) >= 11 is 0. The van der Waals surface area contributed by atoms with E-state index in [1.807, 2.05) is 6.07 Å². The molecule has 1 atom stereocenters. The Morgan fingerprint density at radius 3 is 3.09 bits per heavy atom. The normalized spacial score (nSPS) is 21.4. The minimum Gasteiger partial charge on any atom is -0.495 e. The van der Waals surface area contributed by atoms with Crippen molar-refractivity contribution in [2.45, 2.75) is 6.10 Å². The Hall–Kier alpha value is -1.09. The fourth-order valence-corrected chi connectivity index (χ4v) is 0.964. The number of aromatic nitrogens is 1. The molecular formula is C8H9NO2. The maximum atomic E-state index is 5.10. The summed E-state index contributed by atoms with van der Waals surface area (Å²) in [6.07, 6.45) is 3.75. The van der Waals surface area contributed by atoms with Crippen LogP contribution in [-0.2, 0) is 4.74 Å². The molecule has 1 aliphatic rings. The van der Waals surface area contributed by atoms with Crippen LogP contribution in [0.4, 0.5) is 0 Å². The molecule has 1 unspecified atom stereocenters. The number of hydrogen-bond donors (Lipinski definition) is 0. The second-order valence-electron chi connectivity index (χ2n) is 2.48. The van der Waals surface area contributed by atoms with Crippen LogP contribution in [0.15, 0.2) is 18.5 Å². The molecule has 1 saturated heterocycles. The third-order valence-electron chi connectivity index (χ3n) is 1.68. The van der Waals surface area contributed by atoms with Crippen molar-refractivity contribution in [3.05, 3.63) is 24.0 Å². The van der Waals surface area contributed by atoms with Crippen LogP contribution in [0, 0.1) is 0 Å². The van der Waals surface area contributed by atoms with Gasteiger partial charge in [-0.25, -0.2) is 0 Å². The minimum atomic E-state index is 0.262. The van der Waals surface area contributed by atoms with Crippen molar-refractivity contribution in [3.8, 4) is 5.75 Å². The molecule has 0 amide bonds. The number of rotatable bonds is 2. The topological polar surface area (TPSA) is 34.6 Å². The highest BCUT2D eigenvalue weighted by atomic mass is 16.6. The van der Waals surface area contributed by atoms with Gasteiger partial charge in [-0.1, -0.05) is 0 Å². The molecule has 1 aliphatic heterocycles. The Kier molecular flexibility index (Phi) is 1.51. The molecule has 3 heteroatoms. The van der Waals surface area contributed by atoms with Gasteiger partial charge < -0.3 is 9.47 Å². The van der Waals surface area contributed by atoms with Crippen LogP contribution in [0.5, 0.6) is 5.75 Å². The lowest BCUT2D eigenvalue weighted by atomic mass is 10.2. The van der Waals surface area contributed by atoms with E-state index in [4.69, 9.17) is 9.47 Å². The molecular weight excluding hydrogens is 142 g/mol. The molecule has 1 aromatic rings. The average Bonchev–Trinajstić information content (AvgIpc) is 2.87. The maximum Gasteiger partial charge on any atom is 0.137 e. The van der Waals surface area contributed by atoms with E-state index in [9.17, 15) is 0 Å². The molecule has 3 nitrogen and oxygen atoms in total. The quantitative estimate of drug-likeness (QED) is 0.595. The smallest absolute Gasteiger partial charge is 0.137 e. The average molecular weight is 151 g/mol. The standard InChI is InChI=1S/C8H9NO2/c1-10-7-2-6(3-9-4-7)8-5-11-8/h2-4,8H,5H2,1H3. The third-order valence-corrected chi connectivity index (χ3v) is 1.68. The highest BCUT2D eigenvalue weighted by molar-refractivity contribution is 5.26. The molecule has 0 aromatic carbocycles. The summed E-state index contributed by atoms with van der Waals surface area (Å²) < 4.78 is 10.1. The van der Waals surface area contributed by atoms with Crippen LogP contribution >= 0.6 is 0 Å². The highest BCUT2D eigenvalue weighted by Gasteiger charge is 2.25. The van der Waals surface area contributed by atoms with E-state index in [2.05, 4.69) is 4.98 Å². The van der Waals surface area contributed by atoms with Gasteiger partial charge in [0.15, 0.2) is 0 Å². The molecule has 0 aliphatic carbocycles. The van der Waals surface area contributed by atoms with Gasteiger partial charge in [0, 0.05) is 11.8 Å². The predicted molar refractivity (Wildman–Crippen MR) is 39.5 cm³/mol. The largest absolute Gasteiger partial charge is 0.495 e. The zero-order valence-electron chi connectivity index (χ0n) is 6.28. The fraction of sp³-hybridized carbons (Fsp3) is 0.375. The number of pyridine rings is 1. The number of methoxy groups -OCH3 is 1. The number of ether oxygens (including phenoxy) is 2. The van der Waals surface area contributed by atoms with Crippen molar-refractivity contribution in [3.63, 3.8) is 0 Å². The molecule has 0 spiro atoms. The van der Waals surface area contributed by atoms with Gasteiger partial charge in [0.2, 0.25) is 0 Å². The SMILES string of the molecule is COc1cncc(C2CO2)c1. The number of nitrogens with zero attached hydrogens (tertiary/aromatic N) is 1. The predicted octanol–water partition coefficient (Wildman–Crippen LogP) is 1.16. The Balaban J connectivity index is 2.26. The lowest BCUT2D eigenvalue weighted by molar-refractivity contribution is 0.402. The van der Waals surface area contributed by atoms with E-state index in [0.717, 1.165) is 17.9 Å². The minimum absolute atomic E-state index is 0.262. The van der Waals surface area contributed by atoms with Gasteiger partial charge in [-0.05, 0) is 6.07 Å². The molecule has 2 heterocycles. The second kappa shape index (κ2) is 2.51. The maximum absolute atomic E-state index is 5.10. The summed E-state index contributed by atoms with van der Waals surface area (Å²) in [4.78, 5) is 4.01. The monoisotopic (exact) mass is 151 g/mol. The summed E-state index contributed by atoms with van der Waals surface area (Å²) in [6.45, 7) is 0.814. The summed E-state index contributed by atoms with van der Waals surface area (Å²) in [5.41, 5.74) is 1.10. The number of hydrogen-bond acceptors (Lipinski definition) is 3. The molecule has 1 aromatic heterocycles. The third kappa shape index (κ3) is 1.33. The zero-order chi connectivity index (χ0) is 7.68. The highest BCUT2D eigenvalue weighted by Crippen LogP contribution is 2.30.